The Morgan fingerprint density at radius 3 is 2.82 bits per heavy atom. The van der Waals surface area contributed by atoms with Crippen molar-refractivity contribution >= 4 is 23.3 Å². The molecule has 0 aliphatic heterocycles. The van der Waals surface area contributed by atoms with Gasteiger partial charge in [-0.25, -0.2) is 4.79 Å². The van der Waals surface area contributed by atoms with Gasteiger partial charge in [-0.05, 0) is 26.0 Å². The Morgan fingerprint density at radius 1 is 1.53 bits per heavy atom. The van der Waals surface area contributed by atoms with Gasteiger partial charge in [-0.2, -0.15) is 0 Å². The molecule has 0 heterocycles. The minimum absolute atomic E-state index is 0.290. The molecule has 0 bridgehead atoms. The number of anilines is 1. The lowest BCUT2D eigenvalue weighted by molar-refractivity contribution is -0.143. The molecule has 0 aromatic heterocycles. The van der Waals surface area contributed by atoms with Crippen molar-refractivity contribution in [2.75, 3.05) is 19.0 Å². The van der Waals surface area contributed by atoms with Crippen LogP contribution in [0.5, 0.6) is 5.75 Å². The molecule has 0 amide bonds. The predicted molar refractivity (Wildman–Crippen MR) is 67.7 cm³/mol. The largest absolute Gasteiger partial charge is 0.495 e. The normalized spacial score (nSPS) is 11.8. The third-order valence-electron chi connectivity index (χ3n) is 2.17. The van der Waals surface area contributed by atoms with Crippen molar-refractivity contribution in [2.45, 2.75) is 19.9 Å². The molecule has 5 heteroatoms. The number of rotatable bonds is 5. The molecule has 1 rings (SSSR count). The summed E-state index contributed by atoms with van der Waals surface area (Å²) in [6.07, 6.45) is 0. The molecular formula is C12H16ClNO3. The number of esters is 1. The van der Waals surface area contributed by atoms with Crippen molar-refractivity contribution in [3.05, 3.63) is 23.2 Å². The minimum Gasteiger partial charge on any atom is -0.495 e. The Bertz CT molecular complexity index is 395. The Kier molecular flexibility index (Phi) is 5.10. The fraction of sp³-hybridized carbons (Fsp3) is 0.417. The van der Waals surface area contributed by atoms with Crippen LogP contribution in [-0.2, 0) is 9.53 Å². The first-order chi connectivity index (χ1) is 8.08. The van der Waals surface area contributed by atoms with Gasteiger partial charge in [0.25, 0.3) is 0 Å². The smallest absolute Gasteiger partial charge is 0.328 e. The van der Waals surface area contributed by atoms with Crippen LogP contribution in [0.2, 0.25) is 5.02 Å². The van der Waals surface area contributed by atoms with Gasteiger partial charge in [0.2, 0.25) is 0 Å². The summed E-state index contributed by atoms with van der Waals surface area (Å²) in [5.74, 6) is 0.272. The Hall–Kier alpha value is -1.42. The van der Waals surface area contributed by atoms with E-state index in [4.69, 9.17) is 21.1 Å². The van der Waals surface area contributed by atoms with E-state index in [-0.39, 0.29) is 5.97 Å². The molecule has 0 aliphatic rings. The van der Waals surface area contributed by atoms with Gasteiger partial charge in [0, 0.05) is 11.8 Å². The van der Waals surface area contributed by atoms with Crippen molar-refractivity contribution in [1.82, 2.24) is 0 Å². The third kappa shape index (κ3) is 3.82. The average Bonchev–Trinajstić information content (AvgIpc) is 2.31. The number of ether oxygens (including phenoxy) is 2. The van der Waals surface area contributed by atoms with E-state index in [2.05, 4.69) is 5.32 Å². The van der Waals surface area contributed by atoms with Crippen LogP contribution in [0.1, 0.15) is 13.8 Å². The molecule has 0 radical (unpaired) electrons. The van der Waals surface area contributed by atoms with E-state index in [0.29, 0.717) is 17.4 Å². The van der Waals surface area contributed by atoms with E-state index in [9.17, 15) is 4.79 Å². The van der Waals surface area contributed by atoms with Crippen molar-refractivity contribution < 1.29 is 14.3 Å². The Balaban J connectivity index is 2.71. The molecule has 1 aromatic carbocycles. The van der Waals surface area contributed by atoms with Crippen molar-refractivity contribution in [3.8, 4) is 5.75 Å². The van der Waals surface area contributed by atoms with Crippen LogP contribution < -0.4 is 10.1 Å². The Labute approximate surface area is 106 Å². The summed E-state index contributed by atoms with van der Waals surface area (Å²) in [5, 5.41) is 3.54. The van der Waals surface area contributed by atoms with Crippen LogP contribution in [-0.4, -0.2) is 25.7 Å². The highest BCUT2D eigenvalue weighted by molar-refractivity contribution is 6.32. The standard InChI is InChI=1S/C12H16ClNO3/c1-4-17-12(15)8(2)14-9-5-6-10(13)11(7-9)16-3/h5-8,14H,4H2,1-3H3. The van der Waals surface area contributed by atoms with Crippen LogP contribution in [0.4, 0.5) is 5.69 Å². The van der Waals surface area contributed by atoms with Crippen LogP contribution in [0.3, 0.4) is 0 Å². The molecule has 0 saturated carbocycles. The highest BCUT2D eigenvalue weighted by Crippen LogP contribution is 2.27. The molecule has 0 saturated heterocycles. The molecule has 1 unspecified atom stereocenters. The maximum absolute atomic E-state index is 11.4. The topological polar surface area (TPSA) is 47.6 Å². The average molecular weight is 258 g/mol. The second kappa shape index (κ2) is 6.35. The quantitative estimate of drug-likeness (QED) is 0.824. The highest BCUT2D eigenvalue weighted by Gasteiger charge is 2.13. The van der Waals surface area contributed by atoms with Crippen molar-refractivity contribution in [3.63, 3.8) is 0 Å². The number of hydrogen-bond donors (Lipinski definition) is 1. The minimum atomic E-state index is -0.416. The second-order valence-electron chi connectivity index (χ2n) is 3.47. The zero-order valence-corrected chi connectivity index (χ0v) is 10.9. The maximum Gasteiger partial charge on any atom is 0.328 e. The number of halogens is 1. The zero-order valence-electron chi connectivity index (χ0n) is 10.1. The van der Waals surface area contributed by atoms with Gasteiger partial charge < -0.3 is 14.8 Å². The monoisotopic (exact) mass is 257 g/mol. The molecule has 1 atom stereocenters. The summed E-state index contributed by atoms with van der Waals surface area (Å²) in [7, 11) is 1.54. The lowest BCUT2D eigenvalue weighted by Crippen LogP contribution is -2.28. The number of methoxy groups -OCH3 is 1. The van der Waals surface area contributed by atoms with E-state index < -0.39 is 6.04 Å². The summed E-state index contributed by atoms with van der Waals surface area (Å²) in [6.45, 7) is 3.88. The van der Waals surface area contributed by atoms with Crippen LogP contribution >= 0.6 is 11.6 Å². The molecule has 4 nitrogen and oxygen atoms in total. The van der Waals surface area contributed by atoms with E-state index in [1.54, 1.807) is 39.2 Å². The third-order valence-corrected chi connectivity index (χ3v) is 2.49. The first kappa shape index (κ1) is 13.6. The molecule has 0 spiro atoms. The second-order valence-corrected chi connectivity index (χ2v) is 3.87. The molecule has 0 aliphatic carbocycles. The van der Waals surface area contributed by atoms with E-state index in [0.717, 1.165) is 5.69 Å². The van der Waals surface area contributed by atoms with Gasteiger partial charge in [0.1, 0.15) is 11.8 Å². The van der Waals surface area contributed by atoms with Crippen LogP contribution in [0, 0.1) is 0 Å². The van der Waals surface area contributed by atoms with Gasteiger partial charge >= 0.3 is 5.97 Å². The van der Waals surface area contributed by atoms with Crippen molar-refractivity contribution in [1.29, 1.82) is 0 Å². The number of benzene rings is 1. The maximum atomic E-state index is 11.4. The van der Waals surface area contributed by atoms with Crippen LogP contribution in [0.25, 0.3) is 0 Å². The molecule has 1 aromatic rings. The van der Waals surface area contributed by atoms with Crippen molar-refractivity contribution in [2.24, 2.45) is 0 Å². The van der Waals surface area contributed by atoms with E-state index in [1.807, 2.05) is 0 Å². The lowest BCUT2D eigenvalue weighted by Gasteiger charge is -2.14. The summed E-state index contributed by atoms with van der Waals surface area (Å²) in [5.41, 5.74) is 0.756. The SMILES string of the molecule is CCOC(=O)C(C)Nc1ccc(Cl)c(OC)c1. The molecule has 94 valence electrons. The molecule has 17 heavy (non-hydrogen) atoms. The van der Waals surface area contributed by atoms with Gasteiger partial charge in [0.15, 0.2) is 0 Å². The molecule has 1 N–H and O–H groups in total. The molecule has 0 fully saturated rings. The molecular weight excluding hydrogens is 242 g/mol. The summed E-state index contributed by atoms with van der Waals surface area (Å²) < 4.78 is 9.98. The summed E-state index contributed by atoms with van der Waals surface area (Å²) in [4.78, 5) is 11.4. The van der Waals surface area contributed by atoms with Gasteiger partial charge in [0.05, 0.1) is 18.7 Å². The van der Waals surface area contributed by atoms with Crippen LogP contribution in [0.15, 0.2) is 18.2 Å². The number of carbonyl (C=O) groups excluding carboxylic acids is 1. The van der Waals surface area contributed by atoms with E-state index in [1.165, 1.54) is 0 Å². The first-order valence-electron chi connectivity index (χ1n) is 5.35. The highest BCUT2D eigenvalue weighted by atomic mass is 35.5. The number of nitrogens with one attached hydrogen (secondary N) is 1. The fourth-order valence-corrected chi connectivity index (χ4v) is 1.52. The zero-order chi connectivity index (χ0) is 12.8. The lowest BCUT2D eigenvalue weighted by atomic mass is 10.2. The first-order valence-corrected chi connectivity index (χ1v) is 5.73. The fourth-order valence-electron chi connectivity index (χ4n) is 1.33. The van der Waals surface area contributed by atoms with Gasteiger partial charge in [-0.15, -0.1) is 0 Å². The summed E-state index contributed by atoms with van der Waals surface area (Å²) in [6, 6.07) is 4.81. The van der Waals surface area contributed by atoms with Gasteiger partial charge in [-0.1, -0.05) is 11.6 Å². The van der Waals surface area contributed by atoms with Gasteiger partial charge in [-0.3, -0.25) is 0 Å². The predicted octanol–water partition coefficient (Wildman–Crippen LogP) is 2.71. The summed E-state index contributed by atoms with van der Waals surface area (Å²) >= 11 is 5.90. The van der Waals surface area contributed by atoms with E-state index >= 15 is 0 Å². The Morgan fingerprint density at radius 2 is 2.24 bits per heavy atom. The number of hydrogen-bond acceptors (Lipinski definition) is 4. The number of carbonyl (C=O) groups is 1.